The molecule has 1 heterocycles. The van der Waals surface area contributed by atoms with Crippen molar-refractivity contribution in [2.45, 2.75) is 36.6 Å². The maximum atomic E-state index is 13.2. The van der Waals surface area contributed by atoms with Gasteiger partial charge in [0.15, 0.2) is 0 Å². The van der Waals surface area contributed by atoms with E-state index >= 15 is 0 Å². The molecule has 0 amide bonds. The van der Waals surface area contributed by atoms with Crippen LogP contribution < -0.4 is 0 Å². The number of carboxylic acids is 1. The molecule has 0 radical (unpaired) electrons. The Bertz CT molecular complexity index is 1220. The summed E-state index contributed by atoms with van der Waals surface area (Å²) in [6, 6.07) is 14.9. The van der Waals surface area contributed by atoms with Gasteiger partial charge in [-0.15, -0.1) is 0 Å². The summed E-state index contributed by atoms with van der Waals surface area (Å²) in [5.41, 5.74) is 2.81. The first-order valence-electron chi connectivity index (χ1n) is 8.93. The molecule has 29 heavy (non-hydrogen) atoms. The zero-order valence-corrected chi connectivity index (χ0v) is 16.9. The molecule has 0 fully saturated rings. The van der Waals surface area contributed by atoms with Crippen LogP contribution in [0.3, 0.4) is 0 Å². The highest BCUT2D eigenvalue weighted by Gasteiger charge is 2.24. The van der Waals surface area contributed by atoms with Crippen molar-refractivity contribution in [1.29, 1.82) is 0 Å². The van der Waals surface area contributed by atoms with E-state index in [-0.39, 0.29) is 22.8 Å². The van der Waals surface area contributed by atoms with Crippen molar-refractivity contribution in [2.24, 2.45) is 0 Å². The van der Waals surface area contributed by atoms with E-state index in [1.165, 1.54) is 0 Å². The van der Waals surface area contributed by atoms with Crippen molar-refractivity contribution < 1.29 is 18.3 Å². The zero-order valence-electron chi connectivity index (χ0n) is 16.1. The van der Waals surface area contributed by atoms with Crippen LogP contribution in [0.15, 0.2) is 64.4 Å². The van der Waals surface area contributed by atoms with Gasteiger partial charge in [-0.3, -0.25) is 4.79 Å². The van der Waals surface area contributed by atoms with Crippen LogP contribution in [0.25, 0.3) is 4.85 Å². The van der Waals surface area contributed by atoms with Gasteiger partial charge in [-0.25, -0.2) is 13.3 Å². The average molecular weight is 408 g/mol. The first-order valence-corrected chi connectivity index (χ1v) is 10.4. The molecular formula is C22H20N2O4S. The Morgan fingerprint density at radius 1 is 1.03 bits per heavy atom. The van der Waals surface area contributed by atoms with Gasteiger partial charge in [0.25, 0.3) is 0 Å². The quantitative estimate of drug-likeness (QED) is 0.621. The van der Waals surface area contributed by atoms with Crippen LogP contribution in [-0.4, -0.2) is 24.1 Å². The number of aliphatic carboxylic acids is 1. The Morgan fingerprint density at radius 3 is 2.28 bits per heavy atom. The Hall–Kier alpha value is -3.37. The monoisotopic (exact) mass is 408 g/mol. The summed E-state index contributed by atoms with van der Waals surface area (Å²) in [6.45, 7) is 10.8. The van der Waals surface area contributed by atoms with E-state index < -0.39 is 15.8 Å². The molecule has 0 bridgehead atoms. The van der Waals surface area contributed by atoms with Crippen molar-refractivity contribution in [3.8, 4) is 0 Å². The molecule has 1 aromatic heterocycles. The molecule has 0 aliphatic carbocycles. The molecule has 0 unspecified atom stereocenters. The highest BCUT2D eigenvalue weighted by molar-refractivity contribution is 7.91. The largest absolute Gasteiger partial charge is 0.480 e. The van der Waals surface area contributed by atoms with Gasteiger partial charge in [0.2, 0.25) is 15.5 Å². The van der Waals surface area contributed by atoms with Crippen LogP contribution in [0.1, 0.15) is 22.5 Å². The minimum Gasteiger partial charge on any atom is -0.480 e. The minimum absolute atomic E-state index is 0.185. The van der Waals surface area contributed by atoms with Gasteiger partial charge >= 0.3 is 5.97 Å². The molecule has 0 aliphatic heterocycles. The van der Waals surface area contributed by atoms with Crippen LogP contribution in [0.2, 0.25) is 0 Å². The zero-order chi connectivity index (χ0) is 21.2. The van der Waals surface area contributed by atoms with E-state index in [4.69, 9.17) is 6.57 Å². The molecule has 3 aromatic rings. The van der Waals surface area contributed by atoms with Crippen LogP contribution in [0, 0.1) is 20.4 Å². The number of hydrogen-bond donors (Lipinski definition) is 1. The first kappa shape index (κ1) is 20.4. The molecule has 1 N–H and O–H groups in total. The lowest BCUT2D eigenvalue weighted by Crippen LogP contribution is -2.11. The number of carbonyl (C=O) groups is 1. The topological polar surface area (TPSA) is 80.7 Å². The molecule has 2 aromatic carbocycles. The van der Waals surface area contributed by atoms with Gasteiger partial charge in [-0.2, -0.15) is 0 Å². The number of nitrogens with zero attached hydrogens (tertiary/aromatic N) is 2. The second-order valence-electron chi connectivity index (χ2n) is 6.69. The summed E-state index contributed by atoms with van der Waals surface area (Å²) in [6.07, 6.45) is 0.221. The number of benzene rings is 2. The highest BCUT2D eigenvalue weighted by Crippen LogP contribution is 2.34. The average Bonchev–Trinajstić information content (AvgIpc) is 2.92. The molecule has 0 aliphatic rings. The van der Waals surface area contributed by atoms with E-state index in [1.807, 2.05) is 0 Å². The summed E-state index contributed by atoms with van der Waals surface area (Å²) in [7, 11) is -3.72. The molecule has 0 atom stereocenters. The number of hydrogen-bond acceptors (Lipinski definition) is 3. The molecule has 6 nitrogen and oxygen atoms in total. The predicted molar refractivity (Wildman–Crippen MR) is 109 cm³/mol. The second-order valence-corrected chi connectivity index (χ2v) is 8.61. The van der Waals surface area contributed by atoms with Gasteiger partial charge in [-0.05, 0) is 49.6 Å². The summed E-state index contributed by atoms with van der Waals surface area (Å²) < 4.78 is 27.9. The number of sulfone groups is 1. The lowest BCUT2D eigenvalue weighted by Gasteiger charge is -2.12. The second kappa shape index (κ2) is 7.94. The molecule has 0 saturated carbocycles. The maximum Gasteiger partial charge on any atom is 0.323 e. The van der Waals surface area contributed by atoms with Gasteiger partial charge in [-0.1, -0.05) is 36.4 Å². The van der Waals surface area contributed by atoms with E-state index in [1.54, 1.807) is 73.0 Å². The highest BCUT2D eigenvalue weighted by atomic mass is 32.2. The van der Waals surface area contributed by atoms with Crippen molar-refractivity contribution in [3.05, 3.63) is 88.5 Å². The lowest BCUT2D eigenvalue weighted by atomic mass is 10.0. The maximum absolute atomic E-state index is 13.2. The Labute approximate surface area is 169 Å². The van der Waals surface area contributed by atoms with E-state index in [2.05, 4.69) is 4.85 Å². The number of aromatic nitrogens is 1. The van der Waals surface area contributed by atoms with Crippen molar-refractivity contribution in [1.82, 2.24) is 4.57 Å². The Morgan fingerprint density at radius 2 is 1.66 bits per heavy atom. The van der Waals surface area contributed by atoms with E-state index in [0.29, 0.717) is 28.2 Å². The third kappa shape index (κ3) is 3.80. The van der Waals surface area contributed by atoms with Crippen molar-refractivity contribution in [3.63, 3.8) is 0 Å². The fourth-order valence-electron chi connectivity index (χ4n) is 3.49. The molecule has 3 rings (SSSR count). The molecular weight excluding hydrogens is 388 g/mol. The van der Waals surface area contributed by atoms with E-state index in [9.17, 15) is 18.3 Å². The van der Waals surface area contributed by atoms with Crippen molar-refractivity contribution >= 4 is 21.5 Å². The Balaban J connectivity index is 2.13. The first-order chi connectivity index (χ1) is 13.8. The summed E-state index contributed by atoms with van der Waals surface area (Å²) in [5.74, 6) is -0.999. The third-order valence-electron chi connectivity index (χ3n) is 4.96. The fraction of sp³-hybridized carbons (Fsp3) is 0.182. The molecule has 148 valence electrons. The van der Waals surface area contributed by atoms with Gasteiger partial charge in [0, 0.05) is 11.4 Å². The molecule has 0 spiro atoms. The lowest BCUT2D eigenvalue weighted by molar-refractivity contribution is -0.137. The predicted octanol–water partition coefficient (Wildman–Crippen LogP) is 4.16. The Kier molecular flexibility index (Phi) is 5.57. The van der Waals surface area contributed by atoms with Crippen LogP contribution in [-0.2, 0) is 27.6 Å². The summed E-state index contributed by atoms with van der Waals surface area (Å²) in [5, 5.41) is 9.18. The standard InChI is InChI=1S/C22H20N2O4S/c1-15-19(22(23-3)16(2)24(15)14-21(25)26)13-17-9-7-8-12-20(17)29(27,28)18-10-5-4-6-11-18/h4-12H,13-14H2,1-2H3,(H,25,26). The number of carboxylic acid groups (broad SMARTS) is 1. The van der Waals surface area contributed by atoms with Crippen LogP contribution in [0.5, 0.6) is 0 Å². The fourth-order valence-corrected chi connectivity index (χ4v) is 5.01. The van der Waals surface area contributed by atoms with Crippen LogP contribution >= 0.6 is 0 Å². The smallest absolute Gasteiger partial charge is 0.323 e. The summed E-state index contributed by atoms with van der Waals surface area (Å²) in [4.78, 5) is 15.2. The minimum atomic E-state index is -3.72. The SMILES string of the molecule is [C-]#[N+]c1c(Cc2ccccc2S(=O)(=O)c2ccccc2)c(C)n(CC(=O)O)c1C. The van der Waals surface area contributed by atoms with Gasteiger partial charge in [0.1, 0.15) is 6.54 Å². The van der Waals surface area contributed by atoms with E-state index in [0.717, 1.165) is 0 Å². The summed E-state index contributed by atoms with van der Waals surface area (Å²) >= 11 is 0. The van der Waals surface area contributed by atoms with Crippen LogP contribution in [0.4, 0.5) is 5.69 Å². The number of rotatable bonds is 6. The third-order valence-corrected chi connectivity index (χ3v) is 6.83. The van der Waals surface area contributed by atoms with Crippen molar-refractivity contribution in [2.75, 3.05) is 0 Å². The molecule has 0 saturated heterocycles. The molecule has 7 heteroatoms. The normalized spacial score (nSPS) is 11.2. The van der Waals surface area contributed by atoms with Gasteiger partial charge < -0.3 is 9.67 Å². The van der Waals surface area contributed by atoms with Gasteiger partial charge in [0.05, 0.1) is 16.4 Å².